The largest absolute Gasteiger partial charge is 0.466 e. The topological polar surface area (TPSA) is 152 Å². The first-order chi connectivity index (χ1) is 14.3. The van der Waals surface area contributed by atoms with E-state index in [1.165, 1.54) is 38.1 Å². The minimum Gasteiger partial charge on any atom is -0.466 e. The molecular formula is C19H18N4O7. The summed E-state index contributed by atoms with van der Waals surface area (Å²) in [5, 5.41) is 23.6. The highest BCUT2D eigenvalue weighted by molar-refractivity contribution is 5.99. The molecule has 2 rings (SSSR count). The summed E-state index contributed by atoms with van der Waals surface area (Å²) in [5.41, 5.74) is 0.00348. The van der Waals surface area contributed by atoms with Gasteiger partial charge in [-0.3, -0.25) is 10.1 Å². The van der Waals surface area contributed by atoms with Crippen LogP contribution in [0.5, 0.6) is 0 Å². The van der Waals surface area contributed by atoms with Crippen LogP contribution in [0.2, 0.25) is 0 Å². The van der Waals surface area contributed by atoms with Gasteiger partial charge in [0.25, 0.3) is 5.69 Å². The number of ether oxygens (including phenoxy) is 2. The number of non-ortho nitro benzene ring substituents is 1. The molecule has 1 aliphatic heterocycles. The third kappa shape index (κ3) is 4.17. The van der Waals surface area contributed by atoms with Crippen LogP contribution in [-0.2, 0) is 19.1 Å². The van der Waals surface area contributed by atoms with Gasteiger partial charge in [-0.25, -0.2) is 14.6 Å². The molecule has 0 amide bonds. The van der Waals surface area contributed by atoms with Gasteiger partial charge in [0, 0.05) is 12.1 Å². The van der Waals surface area contributed by atoms with E-state index in [0.717, 1.165) is 12.1 Å². The van der Waals surface area contributed by atoms with Crippen molar-refractivity contribution in [3.63, 3.8) is 0 Å². The van der Waals surface area contributed by atoms with Crippen molar-refractivity contribution in [2.45, 2.75) is 26.2 Å². The van der Waals surface area contributed by atoms with E-state index in [0.29, 0.717) is 0 Å². The molecule has 1 aromatic rings. The Kier molecular flexibility index (Phi) is 6.98. The van der Waals surface area contributed by atoms with E-state index in [1.54, 1.807) is 0 Å². The third-order valence-electron chi connectivity index (χ3n) is 4.56. The molecule has 11 nitrogen and oxygen atoms in total. The monoisotopic (exact) mass is 414 g/mol. The van der Waals surface area contributed by atoms with Gasteiger partial charge in [0.1, 0.15) is 6.61 Å². The number of carbonyl (C=O) groups is 2. The zero-order valence-corrected chi connectivity index (χ0v) is 16.4. The molecule has 1 aromatic carbocycles. The lowest BCUT2D eigenvalue weighted by Gasteiger charge is -2.33. The molecule has 30 heavy (non-hydrogen) atoms. The Morgan fingerprint density at radius 3 is 2.43 bits per heavy atom. The molecule has 1 heterocycles. The number of allylic oxidation sites excluding steroid dienone is 2. The second kappa shape index (κ2) is 9.42. The fourth-order valence-corrected chi connectivity index (χ4v) is 3.22. The third-order valence-corrected chi connectivity index (χ3v) is 4.56. The van der Waals surface area contributed by atoms with Gasteiger partial charge in [0.15, 0.2) is 0 Å². The van der Waals surface area contributed by atoms with Crippen molar-refractivity contribution in [3.8, 4) is 6.07 Å². The number of nitro benzene ring substituents is 1. The number of nitroso groups, excluding NO2 is 1. The minimum absolute atomic E-state index is 0.0616. The molecule has 156 valence electrons. The number of esters is 2. The Hall–Kier alpha value is -4.07. The first-order valence-electron chi connectivity index (χ1n) is 8.70. The molecule has 0 spiro atoms. The maximum atomic E-state index is 12.8. The molecule has 11 heteroatoms. The average Bonchev–Trinajstić information content (AvgIpc) is 2.73. The van der Waals surface area contributed by atoms with Crippen molar-refractivity contribution in [1.82, 2.24) is 5.01 Å². The smallest absolute Gasteiger partial charge is 0.336 e. The molecule has 0 saturated carbocycles. The highest BCUT2D eigenvalue weighted by atomic mass is 16.6. The molecule has 1 unspecified atom stereocenters. The zero-order chi connectivity index (χ0) is 22.4. The number of nitriles is 1. The highest BCUT2D eigenvalue weighted by Crippen LogP contribution is 2.43. The number of hydrogen-bond acceptors (Lipinski definition) is 9. The van der Waals surface area contributed by atoms with E-state index >= 15 is 0 Å². The first-order valence-corrected chi connectivity index (χ1v) is 8.70. The van der Waals surface area contributed by atoms with Crippen molar-refractivity contribution in [2.75, 3.05) is 13.7 Å². The maximum absolute atomic E-state index is 12.8. The summed E-state index contributed by atoms with van der Waals surface area (Å²) in [4.78, 5) is 47.5. The molecule has 0 saturated heterocycles. The highest BCUT2D eigenvalue weighted by Gasteiger charge is 2.41. The summed E-state index contributed by atoms with van der Waals surface area (Å²) < 4.78 is 9.94. The van der Waals surface area contributed by atoms with Crippen LogP contribution in [0.25, 0.3) is 0 Å². The number of benzene rings is 1. The molecule has 0 aromatic heterocycles. The van der Waals surface area contributed by atoms with Gasteiger partial charge < -0.3 is 9.47 Å². The van der Waals surface area contributed by atoms with Crippen molar-refractivity contribution in [1.29, 1.82) is 5.26 Å². The van der Waals surface area contributed by atoms with E-state index in [4.69, 9.17) is 14.7 Å². The maximum Gasteiger partial charge on any atom is 0.336 e. The fraction of sp³-hybridized carbons (Fsp3) is 0.316. The van der Waals surface area contributed by atoms with Crippen LogP contribution >= 0.6 is 0 Å². The Bertz CT molecular complexity index is 1010. The molecular weight excluding hydrogens is 396 g/mol. The van der Waals surface area contributed by atoms with Crippen LogP contribution < -0.4 is 0 Å². The summed E-state index contributed by atoms with van der Waals surface area (Å²) >= 11 is 0. The van der Waals surface area contributed by atoms with Gasteiger partial charge >= 0.3 is 11.9 Å². The molecule has 0 bridgehead atoms. The summed E-state index contributed by atoms with van der Waals surface area (Å²) in [6, 6.07) is 7.24. The van der Waals surface area contributed by atoms with Gasteiger partial charge in [-0.2, -0.15) is 5.26 Å². The van der Waals surface area contributed by atoms with E-state index in [2.05, 4.69) is 5.29 Å². The molecule has 0 aliphatic carbocycles. The van der Waals surface area contributed by atoms with Gasteiger partial charge in [0.05, 0.1) is 58.3 Å². The van der Waals surface area contributed by atoms with Crippen molar-refractivity contribution in [3.05, 3.63) is 67.4 Å². The number of carbonyl (C=O) groups excluding carboxylic acids is 2. The van der Waals surface area contributed by atoms with Crippen LogP contribution in [0, 0.1) is 26.4 Å². The van der Waals surface area contributed by atoms with Crippen LogP contribution in [-0.4, -0.2) is 35.6 Å². The van der Waals surface area contributed by atoms with Crippen LogP contribution in [0.4, 0.5) is 5.69 Å². The van der Waals surface area contributed by atoms with E-state index in [-0.39, 0.29) is 46.8 Å². The predicted octanol–water partition coefficient (Wildman–Crippen LogP) is 2.85. The second-order valence-corrected chi connectivity index (χ2v) is 6.21. The number of hydrogen-bond donors (Lipinski definition) is 0. The van der Waals surface area contributed by atoms with Crippen molar-refractivity contribution in [2.24, 2.45) is 5.29 Å². The number of nitro groups is 1. The van der Waals surface area contributed by atoms with Gasteiger partial charge in [-0.05, 0) is 19.4 Å². The van der Waals surface area contributed by atoms with Crippen LogP contribution in [0.15, 0.2) is 52.1 Å². The lowest BCUT2D eigenvalue weighted by Crippen LogP contribution is -2.33. The molecule has 0 fully saturated rings. The number of methoxy groups -OCH3 is 1. The lowest BCUT2D eigenvalue weighted by atomic mass is 9.80. The quantitative estimate of drug-likeness (QED) is 0.215. The molecule has 1 aliphatic rings. The average molecular weight is 414 g/mol. The van der Waals surface area contributed by atoms with E-state index < -0.39 is 22.8 Å². The molecule has 0 N–H and O–H groups in total. The summed E-state index contributed by atoms with van der Waals surface area (Å²) in [6.45, 7) is 2.67. The van der Waals surface area contributed by atoms with Gasteiger partial charge in [-0.1, -0.05) is 12.1 Å². The van der Waals surface area contributed by atoms with E-state index in [1.807, 2.05) is 6.07 Å². The van der Waals surface area contributed by atoms with Crippen LogP contribution in [0.3, 0.4) is 0 Å². The predicted molar refractivity (Wildman–Crippen MR) is 102 cm³/mol. The lowest BCUT2D eigenvalue weighted by molar-refractivity contribution is -0.384. The summed E-state index contributed by atoms with van der Waals surface area (Å²) in [6.07, 6.45) is -0.0616. The van der Waals surface area contributed by atoms with E-state index in [9.17, 15) is 24.6 Å². The second-order valence-electron chi connectivity index (χ2n) is 6.21. The summed E-state index contributed by atoms with van der Waals surface area (Å²) in [7, 11) is 1.13. The van der Waals surface area contributed by atoms with Crippen molar-refractivity contribution < 1.29 is 24.0 Å². The Balaban J connectivity index is 2.75. The van der Waals surface area contributed by atoms with Crippen molar-refractivity contribution >= 4 is 17.6 Å². The minimum atomic E-state index is -1.11. The summed E-state index contributed by atoms with van der Waals surface area (Å²) in [5.74, 6) is -2.83. The number of nitrogens with zero attached hydrogens (tertiary/aromatic N) is 4. The fourth-order valence-electron chi connectivity index (χ4n) is 3.22. The van der Waals surface area contributed by atoms with Gasteiger partial charge in [0.2, 0.25) is 0 Å². The molecule has 1 atom stereocenters. The van der Waals surface area contributed by atoms with Crippen LogP contribution in [0.1, 0.15) is 31.7 Å². The Labute approximate surface area is 171 Å². The standard InChI is InChI=1S/C19H18N4O7/c1-11-15(18(24)29-3)17(13-6-4-7-14(10-13)23(27)28)16(12(2)22(11)21-26)19(25)30-9-5-8-20/h4,6-7,10,17H,5,9H2,1-3H3. The number of rotatable bonds is 7. The normalized spacial score (nSPS) is 16.1. The SMILES string of the molecule is COC(=O)C1=C(C)N(N=O)C(C)=C(C(=O)OCCC#N)C1c1cccc([N+](=O)[O-])c1. The Morgan fingerprint density at radius 2 is 1.90 bits per heavy atom. The Morgan fingerprint density at radius 1 is 1.27 bits per heavy atom. The first kappa shape index (κ1) is 22.2. The van der Waals surface area contributed by atoms with Gasteiger partial charge in [-0.15, -0.1) is 4.91 Å². The zero-order valence-electron chi connectivity index (χ0n) is 16.4. The molecule has 0 radical (unpaired) electrons.